The third-order valence-electron chi connectivity index (χ3n) is 3.50. The largest absolute Gasteiger partial charge is 0.371 e. The lowest BCUT2D eigenvalue weighted by Gasteiger charge is -2.24. The summed E-state index contributed by atoms with van der Waals surface area (Å²) in [7, 11) is 0. The first-order valence-electron chi connectivity index (χ1n) is 7.00. The lowest BCUT2D eigenvalue weighted by atomic mass is 10.0. The standard InChI is InChI=1S/C16H19N3O/c1-12-9-19-15(10-18-12)8-13-2-4-14(5-3-13)16-11-17-6-7-20-16/h2-5,9-10,16-17H,6-8,11H2,1H3/t16-/m1/s1. The molecule has 0 saturated carbocycles. The van der Waals surface area contributed by atoms with Crippen molar-refractivity contribution in [1.29, 1.82) is 0 Å². The molecular formula is C16H19N3O. The lowest BCUT2D eigenvalue weighted by molar-refractivity contribution is 0.0277. The van der Waals surface area contributed by atoms with Crippen molar-refractivity contribution in [3.8, 4) is 0 Å². The molecule has 4 heteroatoms. The Morgan fingerprint density at radius 2 is 2.05 bits per heavy atom. The average molecular weight is 269 g/mol. The Morgan fingerprint density at radius 3 is 2.70 bits per heavy atom. The second-order valence-corrected chi connectivity index (χ2v) is 5.13. The minimum absolute atomic E-state index is 0.178. The predicted molar refractivity (Wildman–Crippen MR) is 77.6 cm³/mol. The Bertz CT molecular complexity index is 545. The van der Waals surface area contributed by atoms with E-state index in [-0.39, 0.29) is 6.10 Å². The summed E-state index contributed by atoms with van der Waals surface area (Å²) in [5, 5.41) is 3.35. The Labute approximate surface area is 119 Å². The molecule has 1 aromatic carbocycles. The minimum Gasteiger partial charge on any atom is -0.371 e. The van der Waals surface area contributed by atoms with Gasteiger partial charge in [-0.3, -0.25) is 9.97 Å². The van der Waals surface area contributed by atoms with Crippen molar-refractivity contribution < 1.29 is 4.74 Å². The summed E-state index contributed by atoms with van der Waals surface area (Å²) in [6.45, 7) is 4.57. The number of aromatic nitrogens is 2. The van der Waals surface area contributed by atoms with E-state index in [0.717, 1.165) is 37.5 Å². The first-order valence-corrected chi connectivity index (χ1v) is 7.00. The quantitative estimate of drug-likeness (QED) is 0.926. The van der Waals surface area contributed by atoms with Gasteiger partial charge in [0.25, 0.3) is 0 Å². The molecule has 0 spiro atoms. The highest BCUT2D eigenvalue weighted by Gasteiger charge is 2.15. The molecule has 2 heterocycles. The van der Waals surface area contributed by atoms with Gasteiger partial charge in [0.05, 0.1) is 24.1 Å². The zero-order chi connectivity index (χ0) is 13.8. The number of rotatable bonds is 3. The van der Waals surface area contributed by atoms with E-state index in [1.165, 1.54) is 11.1 Å². The average Bonchev–Trinajstić information content (AvgIpc) is 2.51. The molecule has 4 nitrogen and oxygen atoms in total. The van der Waals surface area contributed by atoms with Gasteiger partial charge in [-0.1, -0.05) is 24.3 Å². The summed E-state index contributed by atoms with van der Waals surface area (Å²) in [5.41, 5.74) is 4.43. The van der Waals surface area contributed by atoms with E-state index in [9.17, 15) is 0 Å². The molecule has 0 unspecified atom stereocenters. The summed E-state index contributed by atoms with van der Waals surface area (Å²) in [6.07, 6.45) is 4.65. The topological polar surface area (TPSA) is 47.0 Å². The van der Waals surface area contributed by atoms with Crippen LogP contribution in [0.4, 0.5) is 0 Å². The third-order valence-corrected chi connectivity index (χ3v) is 3.50. The third kappa shape index (κ3) is 3.21. The second-order valence-electron chi connectivity index (χ2n) is 5.13. The summed E-state index contributed by atoms with van der Waals surface area (Å²) in [5.74, 6) is 0. The van der Waals surface area contributed by atoms with Crippen LogP contribution in [0.1, 0.15) is 28.6 Å². The number of benzene rings is 1. The number of nitrogens with zero attached hydrogens (tertiary/aromatic N) is 2. The van der Waals surface area contributed by atoms with Crippen molar-refractivity contribution in [3.63, 3.8) is 0 Å². The maximum absolute atomic E-state index is 5.75. The molecule has 1 aromatic heterocycles. The fourth-order valence-electron chi connectivity index (χ4n) is 2.35. The molecule has 2 aromatic rings. The fourth-order valence-corrected chi connectivity index (χ4v) is 2.35. The molecule has 0 amide bonds. The van der Waals surface area contributed by atoms with Crippen molar-refractivity contribution >= 4 is 0 Å². The van der Waals surface area contributed by atoms with Gasteiger partial charge >= 0.3 is 0 Å². The molecule has 1 aliphatic rings. The van der Waals surface area contributed by atoms with Gasteiger partial charge in [0, 0.05) is 31.9 Å². The molecule has 104 valence electrons. The van der Waals surface area contributed by atoms with E-state index in [1.54, 1.807) is 0 Å². The van der Waals surface area contributed by atoms with Gasteiger partial charge in [-0.25, -0.2) is 0 Å². The summed E-state index contributed by atoms with van der Waals surface area (Å²) in [6, 6.07) is 8.59. The van der Waals surface area contributed by atoms with E-state index >= 15 is 0 Å². The van der Waals surface area contributed by atoms with Gasteiger partial charge < -0.3 is 10.1 Å². The summed E-state index contributed by atoms with van der Waals surface area (Å²) < 4.78 is 5.75. The van der Waals surface area contributed by atoms with Crippen LogP contribution < -0.4 is 5.32 Å². The SMILES string of the molecule is Cc1cnc(Cc2ccc([C@H]3CNCCO3)cc2)cn1. The first kappa shape index (κ1) is 13.2. The van der Waals surface area contributed by atoms with Crippen molar-refractivity contribution in [1.82, 2.24) is 15.3 Å². The van der Waals surface area contributed by atoms with Gasteiger partial charge in [0.1, 0.15) is 0 Å². The monoisotopic (exact) mass is 269 g/mol. The van der Waals surface area contributed by atoms with E-state index in [4.69, 9.17) is 4.74 Å². The van der Waals surface area contributed by atoms with Crippen LogP contribution in [0.15, 0.2) is 36.7 Å². The first-order chi connectivity index (χ1) is 9.81. The van der Waals surface area contributed by atoms with Crippen LogP contribution in [0.25, 0.3) is 0 Å². The summed E-state index contributed by atoms with van der Waals surface area (Å²) >= 11 is 0. The molecule has 1 atom stereocenters. The normalized spacial score (nSPS) is 18.9. The molecule has 0 aliphatic carbocycles. The Balaban J connectivity index is 1.67. The maximum Gasteiger partial charge on any atom is 0.0949 e. The zero-order valence-corrected chi connectivity index (χ0v) is 11.7. The fraction of sp³-hybridized carbons (Fsp3) is 0.375. The van der Waals surface area contributed by atoms with Gasteiger partial charge in [0.2, 0.25) is 0 Å². The Hall–Kier alpha value is -1.78. The van der Waals surface area contributed by atoms with E-state index in [2.05, 4.69) is 39.6 Å². The van der Waals surface area contributed by atoms with Crippen LogP contribution in [0.2, 0.25) is 0 Å². The molecule has 1 fully saturated rings. The number of aryl methyl sites for hydroxylation is 1. The number of ether oxygens (including phenoxy) is 1. The number of hydrogen-bond donors (Lipinski definition) is 1. The van der Waals surface area contributed by atoms with Crippen LogP contribution >= 0.6 is 0 Å². The molecule has 0 radical (unpaired) electrons. The highest BCUT2D eigenvalue weighted by atomic mass is 16.5. The molecule has 0 bridgehead atoms. The number of hydrogen-bond acceptors (Lipinski definition) is 4. The molecule has 3 rings (SSSR count). The van der Waals surface area contributed by atoms with Crippen LogP contribution in [-0.2, 0) is 11.2 Å². The van der Waals surface area contributed by atoms with Crippen LogP contribution in [0, 0.1) is 6.92 Å². The maximum atomic E-state index is 5.75. The van der Waals surface area contributed by atoms with Crippen molar-refractivity contribution in [2.45, 2.75) is 19.4 Å². The highest BCUT2D eigenvalue weighted by molar-refractivity contribution is 5.27. The molecule has 20 heavy (non-hydrogen) atoms. The Morgan fingerprint density at radius 1 is 1.20 bits per heavy atom. The van der Waals surface area contributed by atoms with Crippen LogP contribution in [-0.4, -0.2) is 29.7 Å². The molecule has 1 saturated heterocycles. The Kier molecular flexibility index (Phi) is 4.04. The highest BCUT2D eigenvalue weighted by Crippen LogP contribution is 2.19. The molecule has 1 aliphatic heterocycles. The number of morpholine rings is 1. The summed E-state index contributed by atoms with van der Waals surface area (Å²) in [4.78, 5) is 8.66. The van der Waals surface area contributed by atoms with E-state index < -0.39 is 0 Å². The minimum atomic E-state index is 0.178. The van der Waals surface area contributed by atoms with Crippen molar-refractivity contribution in [2.75, 3.05) is 19.7 Å². The van der Waals surface area contributed by atoms with Gasteiger partial charge in [0.15, 0.2) is 0 Å². The van der Waals surface area contributed by atoms with Gasteiger partial charge in [-0.2, -0.15) is 0 Å². The molecular weight excluding hydrogens is 250 g/mol. The predicted octanol–water partition coefficient (Wildman–Crippen LogP) is 2.04. The lowest BCUT2D eigenvalue weighted by Crippen LogP contribution is -2.33. The van der Waals surface area contributed by atoms with E-state index in [1.807, 2.05) is 19.3 Å². The van der Waals surface area contributed by atoms with Crippen molar-refractivity contribution in [2.24, 2.45) is 0 Å². The molecule has 1 N–H and O–H groups in total. The van der Waals surface area contributed by atoms with E-state index in [0.29, 0.717) is 0 Å². The number of nitrogens with one attached hydrogen (secondary N) is 1. The van der Waals surface area contributed by atoms with Crippen LogP contribution in [0.3, 0.4) is 0 Å². The zero-order valence-electron chi connectivity index (χ0n) is 11.7. The smallest absolute Gasteiger partial charge is 0.0949 e. The second kappa shape index (κ2) is 6.11. The van der Waals surface area contributed by atoms with Gasteiger partial charge in [-0.05, 0) is 18.1 Å². The van der Waals surface area contributed by atoms with Crippen molar-refractivity contribution in [3.05, 3.63) is 59.2 Å². The van der Waals surface area contributed by atoms with Crippen LogP contribution in [0.5, 0.6) is 0 Å². The van der Waals surface area contributed by atoms with Gasteiger partial charge in [-0.15, -0.1) is 0 Å².